The largest absolute Gasteiger partial charge is 0.395 e. The van der Waals surface area contributed by atoms with E-state index < -0.39 is 0 Å². The van der Waals surface area contributed by atoms with Crippen molar-refractivity contribution >= 4 is 17.6 Å². The molecular weight excluding hydrogens is 258 g/mol. The van der Waals surface area contributed by atoms with E-state index in [1.54, 1.807) is 11.9 Å². The number of anilines is 1. The van der Waals surface area contributed by atoms with E-state index >= 15 is 0 Å². The first kappa shape index (κ1) is 14.3. The highest BCUT2D eigenvalue weighted by Gasteiger charge is 2.31. The van der Waals surface area contributed by atoms with Crippen molar-refractivity contribution in [1.82, 2.24) is 9.80 Å². The minimum absolute atomic E-state index is 0.0542. The summed E-state index contributed by atoms with van der Waals surface area (Å²) in [6, 6.07) is 9.26. The van der Waals surface area contributed by atoms with Gasteiger partial charge in [-0.25, -0.2) is 4.79 Å². The third-order valence-corrected chi connectivity index (χ3v) is 3.35. The molecule has 1 fully saturated rings. The summed E-state index contributed by atoms with van der Waals surface area (Å²) in [7, 11) is 1.62. The number of carbonyl (C=O) groups excluding carboxylic acids is 2. The molecule has 1 aromatic rings. The maximum atomic E-state index is 12.3. The topological polar surface area (TPSA) is 64.1 Å². The van der Waals surface area contributed by atoms with Crippen molar-refractivity contribution < 1.29 is 14.7 Å². The third-order valence-electron chi connectivity index (χ3n) is 3.35. The fourth-order valence-corrected chi connectivity index (χ4v) is 2.14. The number of likely N-dealkylation sites (N-methyl/N-ethyl adjacent to an activating group) is 1. The molecule has 0 saturated carbocycles. The molecule has 0 aromatic heterocycles. The number of aliphatic hydroxyl groups is 1. The van der Waals surface area contributed by atoms with Crippen LogP contribution in [-0.2, 0) is 4.79 Å². The third kappa shape index (κ3) is 3.08. The van der Waals surface area contributed by atoms with E-state index in [0.717, 1.165) is 5.69 Å². The summed E-state index contributed by atoms with van der Waals surface area (Å²) in [5, 5.41) is 8.81. The Hall–Kier alpha value is -2.08. The molecule has 1 heterocycles. The normalized spacial score (nSPS) is 14.8. The van der Waals surface area contributed by atoms with Crippen molar-refractivity contribution in [2.24, 2.45) is 0 Å². The lowest BCUT2D eigenvalue weighted by Gasteiger charge is -2.21. The van der Waals surface area contributed by atoms with Gasteiger partial charge in [0.2, 0.25) is 5.91 Å². The van der Waals surface area contributed by atoms with Gasteiger partial charge in [-0.3, -0.25) is 9.69 Å². The Kier molecular flexibility index (Phi) is 4.57. The van der Waals surface area contributed by atoms with Gasteiger partial charge in [0.25, 0.3) is 0 Å². The highest BCUT2D eigenvalue weighted by molar-refractivity contribution is 5.96. The highest BCUT2D eigenvalue weighted by Crippen LogP contribution is 2.19. The SMILES string of the molecule is CN(CCO)C(=O)CN1CCN(c2ccccc2)C1=O. The molecule has 1 N–H and O–H groups in total. The molecule has 6 nitrogen and oxygen atoms in total. The van der Waals surface area contributed by atoms with Crippen LogP contribution in [0.25, 0.3) is 0 Å². The first-order valence-corrected chi connectivity index (χ1v) is 6.60. The number of benzene rings is 1. The molecule has 1 aliphatic rings. The van der Waals surface area contributed by atoms with Crippen molar-refractivity contribution in [3.63, 3.8) is 0 Å². The Labute approximate surface area is 118 Å². The second kappa shape index (κ2) is 6.38. The van der Waals surface area contributed by atoms with Gasteiger partial charge in [0.1, 0.15) is 6.54 Å². The van der Waals surface area contributed by atoms with Crippen LogP contribution in [0, 0.1) is 0 Å². The van der Waals surface area contributed by atoms with Gasteiger partial charge in [0.05, 0.1) is 6.61 Å². The second-order valence-electron chi connectivity index (χ2n) is 4.73. The Morgan fingerprint density at radius 1 is 1.30 bits per heavy atom. The van der Waals surface area contributed by atoms with Gasteiger partial charge in [-0.05, 0) is 12.1 Å². The van der Waals surface area contributed by atoms with Crippen LogP contribution >= 0.6 is 0 Å². The number of amides is 3. The standard InChI is InChI=1S/C14H19N3O3/c1-15(9-10-18)13(19)11-16-7-8-17(14(16)20)12-5-3-2-4-6-12/h2-6,18H,7-11H2,1H3. The van der Waals surface area contributed by atoms with E-state index in [1.807, 2.05) is 30.3 Å². The smallest absolute Gasteiger partial charge is 0.325 e. The molecule has 1 saturated heterocycles. The first-order chi connectivity index (χ1) is 9.63. The summed E-state index contributed by atoms with van der Waals surface area (Å²) in [5.41, 5.74) is 0.844. The lowest BCUT2D eigenvalue weighted by Crippen LogP contribution is -2.41. The molecule has 0 aliphatic carbocycles. The average Bonchev–Trinajstić information content (AvgIpc) is 2.81. The monoisotopic (exact) mass is 277 g/mol. The van der Waals surface area contributed by atoms with E-state index in [1.165, 1.54) is 9.80 Å². The summed E-state index contributed by atoms with van der Waals surface area (Å²) >= 11 is 0. The predicted molar refractivity (Wildman–Crippen MR) is 75.5 cm³/mol. The highest BCUT2D eigenvalue weighted by atomic mass is 16.3. The lowest BCUT2D eigenvalue weighted by molar-refractivity contribution is -0.130. The summed E-state index contributed by atoms with van der Waals surface area (Å²) in [5.74, 6) is -0.165. The minimum atomic E-state index is -0.165. The van der Waals surface area contributed by atoms with E-state index in [0.29, 0.717) is 13.1 Å². The van der Waals surface area contributed by atoms with Crippen LogP contribution in [0.2, 0.25) is 0 Å². The maximum Gasteiger partial charge on any atom is 0.325 e. The van der Waals surface area contributed by atoms with E-state index in [2.05, 4.69) is 0 Å². The zero-order chi connectivity index (χ0) is 14.5. The van der Waals surface area contributed by atoms with Crippen LogP contribution in [0.15, 0.2) is 30.3 Å². The lowest BCUT2D eigenvalue weighted by atomic mass is 10.3. The summed E-state index contributed by atoms with van der Waals surface area (Å²) < 4.78 is 0. The van der Waals surface area contributed by atoms with Crippen LogP contribution in [0.4, 0.5) is 10.5 Å². The number of rotatable bonds is 5. The molecule has 1 aliphatic heterocycles. The number of hydrogen-bond donors (Lipinski definition) is 1. The molecule has 0 atom stereocenters. The van der Waals surface area contributed by atoms with Gasteiger partial charge < -0.3 is 14.9 Å². The first-order valence-electron chi connectivity index (χ1n) is 6.60. The molecule has 6 heteroatoms. The van der Waals surface area contributed by atoms with Crippen molar-refractivity contribution in [3.8, 4) is 0 Å². The summed E-state index contributed by atoms with van der Waals surface area (Å²) in [6.45, 7) is 1.38. The molecule has 0 spiro atoms. The molecule has 1 aromatic carbocycles. The van der Waals surface area contributed by atoms with Gasteiger partial charge in [0.15, 0.2) is 0 Å². The number of para-hydroxylation sites is 1. The molecule has 0 radical (unpaired) electrons. The number of nitrogens with zero attached hydrogens (tertiary/aromatic N) is 3. The second-order valence-corrected chi connectivity index (χ2v) is 4.73. The maximum absolute atomic E-state index is 12.3. The van der Waals surface area contributed by atoms with E-state index in [9.17, 15) is 9.59 Å². The zero-order valence-corrected chi connectivity index (χ0v) is 11.5. The molecule has 108 valence electrons. The van der Waals surface area contributed by atoms with Crippen molar-refractivity contribution in [2.75, 3.05) is 44.7 Å². The molecule has 0 bridgehead atoms. The van der Waals surface area contributed by atoms with Crippen LogP contribution in [-0.4, -0.2) is 66.7 Å². The van der Waals surface area contributed by atoms with Crippen molar-refractivity contribution in [3.05, 3.63) is 30.3 Å². The van der Waals surface area contributed by atoms with Gasteiger partial charge in [0, 0.05) is 32.4 Å². The van der Waals surface area contributed by atoms with Gasteiger partial charge in [-0.2, -0.15) is 0 Å². The predicted octanol–water partition coefficient (Wildman–Crippen LogP) is 0.379. The molecule has 0 unspecified atom stereocenters. The van der Waals surface area contributed by atoms with E-state index in [-0.39, 0.29) is 31.6 Å². The Morgan fingerprint density at radius 3 is 2.65 bits per heavy atom. The zero-order valence-electron chi connectivity index (χ0n) is 11.5. The number of urea groups is 1. The van der Waals surface area contributed by atoms with Crippen LogP contribution in [0.1, 0.15) is 0 Å². The Balaban J connectivity index is 1.96. The van der Waals surface area contributed by atoms with Crippen molar-refractivity contribution in [1.29, 1.82) is 0 Å². The molecular formula is C14H19N3O3. The van der Waals surface area contributed by atoms with E-state index in [4.69, 9.17) is 5.11 Å². The fourth-order valence-electron chi connectivity index (χ4n) is 2.14. The van der Waals surface area contributed by atoms with Gasteiger partial charge in [-0.1, -0.05) is 18.2 Å². The van der Waals surface area contributed by atoms with Gasteiger partial charge in [-0.15, -0.1) is 0 Å². The van der Waals surface area contributed by atoms with Crippen LogP contribution in [0.3, 0.4) is 0 Å². The number of carbonyl (C=O) groups is 2. The minimum Gasteiger partial charge on any atom is -0.395 e. The van der Waals surface area contributed by atoms with Crippen LogP contribution < -0.4 is 4.90 Å². The van der Waals surface area contributed by atoms with Crippen molar-refractivity contribution in [2.45, 2.75) is 0 Å². The quantitative estimate of drug-likeness (QED) is 0.846. The number of aliphatic hydroxyl groups excluding tert-OH is 1. The van der Waals surface area contributed by atoms with Crippen LogP contribution in [0.5, 0.6) is 0 Å². The van der Waals surface area contributed by atoms with Gasteiger partial charge >= 0.3 is 6.03 Å². The summed E-state index contributed by atoms with van der Waals surface area (Å²) in [6.07, 6.45) is 0. The Bertz CT molecular complexity index is 478. The number of hydrogen-bond acceptors (Lipinski definition) is 3. The molecule has 3 amide bonds. The fraction of sp³-hybridized carbons (Fsp3) is 0.429. The Morgan fingerprint density at radius 2 is 2.00 bits per heavy atom. The average molecular weight is 277 g/mol. The molecule has 20 heavy (non-hydrogen) atoms. The molecule has 2 rings (SSSR count). The summed E-state index contributed by atoms with van der Waals surface area (Å²) in [4.78, 5) is 28.8.